The molecule has 6 rings (SSSR count). The molecule has 0 aromatic rings. The molecule has 0 unspecified atom stereocenters. The van der Waals surface area contributed by atoms with Crippen LogP contribution in [0, 0.1) is 56.2 Å². The van der Waals surface area contributed by atoms with Gasteiger partial charge in [0, 0.05) is 5.41 Å². The smallest absolute Gasteiger partial charge is 0.362 e. The van der Waals surface area contributed by atoms with E-state index in [-0.39, 0.29) is 29.9 Å². The van der Waals surface area contributed by atoms with Crippen molar-refractivity contribution < 1.29 is 31.2 Å². The van der Waals surface area contributed by atoms with E-state index in [0.29, 0.717) is 45.6 Å². The van der Waals surface area contributed by atoms with Gasteiger partial charge in [-0.1, -0.05) is 120 Å². The number of carbonyl (C=O) groups is 1. The van der Waals surface area contributed by atoms with Gasteiger partial charge in [-0.05, 0) is 128 Å². The third kappa shape index (κ3) is 8.08. The van der Waals surface area contributed by atoms with Crippen molar-refractivity contribution in [1.29, 1.82) is 0 Å². The fourth-order valence-corrected chi connectivity index (χ4v) is 15.2. The summed E-state index contributed by atoms with van der Waals surface area (Å²) in [6.07, 6.45) is 30.1. The average molecular weight is 761 g/mol. The van der Waals surface area contributed by atoms with Crippen molar-refractivity contribution in [2.75, 3.05) is 33.8 Å². The largest absolute Gasteiger partial charge is 1.00 e. The second-order valence-corrected chi connectivity index (χ2v) is 22.8. The lowest BCUT2D eigenvalue weighted by Gasteiger charge is -2.73. The van der Waals surface area contributed by atoms with Gasteiger partial charge in [-0.2, -0.15) is 0 Å². The molecule has 0 radical (unpaired) electrons. The Morgan fingerprint density at radius 3 is 1.92 bits per heavy atom. The fourth-order valence-electron chi connectivity index (χ4n) is 15.2. The Labute approximate surface area is 334 Å². The lowest BCUT2D eigenvalue weighted by molar-refractivity contribution is -0.883. The molecule has 5 saturated carbocycles. The summed E-state index contributed by atoms with van der Waals surface area (Å²) in [6.45, 7) is 23.1. The average Bonchev–Trinajstić information content (AvgIpc) is 3.41. The number of ether oxygens (including phenoxy) is 2. The molecule has 0 aromatic heterocycles. The Hall–Kier alpha value is -0.320. The summed E-state index contributed by atoms with van der Waals surface area (Å²) in [6, 6.07) is 0. The number of unbranched alkanes of at least 4 members (excludes halogenated alkanes) is 11. The van der Waals surface area contributed by atoms with E-state index in [1.165, 1.54) is 135 Å². The monoisotopic (exact) mass is 760 g/mol. The van der Waals surface area contributed by atoms with Gasteiger partial charge in [-0.25, -0.2) is 4.79 Å². The molecule has 1 saturated heterocycles. The predicted molar refractivity (Wildman–Crippen MR) is 217 cm³/mol. The van der Waals surface area contributed by atoms with Gasteiger partial charge >= 0.3 is 5.97 Å². The number of nitrogens with zero attached hydrogens (tertiary/aromatic N) is 1. The van der Waals surface area contributed by atoms with Crippen LogP contribution < -0.4 is 12.4 Å². The van der Waals surface area contributed by atoms with Crippen molar-refractivity contribution in [1.82, 2.24) is 0 Å². The van der Waals surface area contributed by atoms with Crippen LogP contribution in [0.15, 0.2) is 0 Å². The maximum absolute atomic E-state index is 13.6. The third-order valence-electron chi connectivity index (χ3n) is 18.5. The minimum Gasteiger partial charge on any atom is -1.00 e. The van der Waals surface area contributed by atoms with Crippen molar-refractivity contribution in [3.8, 4) is 0 Å². The van der Waals surface area contributed by atoms with Crippen LogP contribution in [0.2, 0.25) is 0 Å². The quantitative estimate of drug-likeness (QED) is 0.0894. The van der Waals surface area contributed by atoms with Gasteiger partial charge in [0.2, 0.25) is 0 Å². The molecule has 0 aromatic carbocycles. The molecule has 0 spiro atoms. The van der Waals surface area contributed by atoms with Gasteiger partial charge in [0.1, 0.15) is 6.10 Å². The molecular formula is C48H86ClNO3. The number of esters is 1. The first-order valence-electron chi connectivity index (χ1n) is 23.1. The second-order valence-electron chi connectivity index (χ2n) is 22.8. The number of carbonyl (C=O) groups excluding carboxylic acids is 1. The highest BCUT2D eigenvalue weighted by Gasteiger charge is 2.73. The molecule has 6 fully saturated rings. The number of halogens is 1. The second kappa shape index (κ2) is 16.5. The highest BCUT2D eigenvalue weighted by molar-refractivity contribution is 5.70. The van der Waals surface area contributed by atoms with E-state index in [1.54, 1.807) is 0 Å². The van der Waals surface area contributed by atoms with Crippen LogP contribution in [0.5, 0.6) is 0 Å². The van der Waals surface area contributed by atoms with Gasteiger partial charge < -0.3 is 26.4 Å². The molecule has 10 atom stereocenters. The Morgan fingerprint density at radius 1 is 0.679 bits per heavy atom. The normalized spacial score (nSPS) is 40.9. The first-order valence-corrected chi connectivity index (χ1v) is 23.1. The summed E-state index contributed by atoms with van der Waals surface area (Å²) in [5.41, 5.74) is 1.85. The third-order valence-corrected chi connectivity index (χ3v) is 18.5. The van der Waals surface area contributed by atoms with E-state index in [0.717, 1.165) is 41.8 Å². The summed E-state index contributed by atoms with van der Waals surface area (Å²) >= 11 is 0. The highest BCUT2D eigenvalue weighted by Crippen LogP contribution is 2.78. The van der Waals surface area contributed by atoms with E-state index in [2.05, 4.69) is 69.5 Å². The molecule has 53 heavy (non-hydrogen) atoms. The predicted octanol–water partition coefficient (Wildman–Crippen LogP) is 9.57. The summed E-state index contributed by atoms with van der Waals surface area (Å²) in [5.74, 6) is 2.95. The Balaban J connectivity index is 0.00000541. The molecular weight excluding hydrogens is 674 g/mol. The van der Waals surface area contributed by atoms with Gasteiger partial charge in [-0.15, -0.1) is 0 Å². The lowest BCUT2D eigenvalue weighted by Crippen LogP contribution is -3.00. The Morgan fingerprint density at radius 2 is 1.28 bits per heavy atom. The number of fused-ring (bicyclic) bond motifs is 5. The van der Waals surface area contributed by atoms with Gasteiger partial charge in [-0.3, -0.25) is 0 Å². The van der Waals surface area contributed by atoms with E-state index in [4.69, 9.17) is 9.47 Å². The molecule has 1 aliphatic heterocycles. The van der Waals surface area contributed by atoms with Gasteiger partial charge in [0.05, 0.1) is 33.4 Å². The van der Waals surface area contributed by atoms with Crippen molar-refractivity contribution in [3.63, 3.8) is 0 Å². The fraction of sp³-hybridized carbons (Fsp3) is 0.979. The van der Waals surface area contributed by atoms with Crippen molar-refractivity contribution in [2.45, 2.75) is 209 Å². The Kier molecular flexibility index (Phi) is 13.6. The minimum atomic E-state index is 0. The van der Waals surface area contributed by atoms with Crippen LogP contribution in [0.4, 0.5) is 0 Å². The Bertz CT molecular complexity index is 1230. The highest BCUT2D eigenvalue weighted by atomic mass is 35.5. The van der Waals surface area contributed by atoms with E-state index >= 15 is 0 Å². The number of rotatable bonds is 16. The first-order chi connectivity index (χ1) is 24.5. The number of hydrogen-bond acceptors (Lipinski definition) is 3. The van der Waals surface area contributed by atoms with Crippen LogP contribution >= 0.6 is 0 Å². The molecule has 308 valence electrons. The van der Waals surface area contributed by atoms with Crippen LogP contribution in [-0.4, -0.2) is 56.5 Å². The van der Waals surface area contributed by atoms with Crippen molar-refractivity contribution in [2.24, 2.45) is 56.2 Å². The molecule has 1 heterocycles. The van der Waals surface area contributed by atoms with Crippen LogP contribution in [0.1, 0.15) is 197 Å². The molecule has 0 N–H and O–H groups in total. The zero-order valence-electron chi connectivity index (χ0n) is 36.7. The maximum Gasteiger partial charge on any atom is 0.362 e. The van der Waals surface area contributed by atoms with Crippen LogP contribution in [0.25, 0.3) is 0 Å². The molecule has 5 aliphatic carbocycles. The number of quaternary nitrogens is 1. The molecule has 4 nitrogen and oxygen atoms in total. The van der Waals surface area contributed by atoms with Crippen molar-refractivity contribution >= 4 is 5.97 Å². The summed E-state index contributed by atoms with van der Waals surface area (Å²) in [5, 5.41) is 0. The first kappa shape index (κ1) is 43.8. The van der Waals surface area contributed by atoms with Crippen LogP contribution in [-0.2, 0) is 14.3 Å². The SMILES string of the molecule is CCCCCCCCCCCCCC[N+](C)(C)CC(=O)O[C@H]1CC[C@]2(C)[C@H]3CC[C@@H]4[C@H]5[C@H]6OC[C@@]5(CCC6(C)C)CC[C@@]4(C)[C@]3(C)CC[C@H]2C1(C)C.[Cl-]. The zero-order valence-corrected chi connectivity index (χ0v) is 37.4. The molecule has 6 aliphatic rings. The molecule has 2 bridgehead atoms. The number of hydrogen-bond donors (Lipinski definition) is 0. The lowest BCUT2D eigenvalue weighted by atomic mass is 9.31. The molecule has 5 heteroatoms. The standard InChI is InChI=1S/C48H86NO3.ClH/c1-11-12-13-14-15-16-17-18-19-20-21-22-33-49(9,10)34-40(50)52-39-26-27-45(6)37(44(39,4)5)25-28-47(8)38(45)24-23-36-41-42-43(2,3)29-31-48(41,35-51-42)32-30-46(36,47)7;/h36-39,41-42H,11-35H2,1-10H3;1H/q+1;/p-1/t36-,37+,38-,39+,41+,42-,45+,46-,47-,48-;/m1./s1. The van der Waals surface area contributed by atoms with Gasteiger partial charge in [0.25, 0.3) is 0 Å². The summed E-state index contributed by atoms with van der Waals surface area (Å²) in [4.78, 5) is 13.6. The van der Waals surface area contributed by atoms with E-state index in [1.807, 2.05) is 0 Å². The molecule has 0 amide bonds. The van der Waals surface area contributed by atoms with Crippen molar-refractivity contribution in [3.05, 3.63) is 0 Å². The maximum atomic E-state index is 13.6. The van der Waals surface area contributed by atoms with Crippen LogP contribution in [0.3, 0.4) is 0 Å². The summed E-state index contributed by atoms with van der Waals surface area (Å²) in [7, 11) is 4.47. The summed E-state index contributed by atoms with van der Waals surface area (Å²) < 4.78 is 14.1. The minimum absolute atomic E-state index is 0. The van der Waals surface area contributed by atoms with Gasteiger partial charge in [0.15, 0.2) is 6.54 Å². The topological polar surface area (TPSA) is 35.5 Å². The van der Waals surface area contributed by atoms with E-state index < -0.39 is 0 Å². The zero-order chi connectivity index (χ0) is 37.6. The van der Waals surface area contributed by atoms with E-state index in [9.17, 15) is 4.79 Å². The number of likely N-dealkylation sites (N-methyl/N-ethyl adjacent to an activating group) is 1.